The van der Waals surface area contributed by atoms with Crippen LogP contribution in [0, 0.1) is 5.92 Å². The first-order valence-corrected chi connectivity index (χ1v) is 10.3. The van der Waals surface area contributed by atoms with Crippen LogP contribution >= 0.6 is 0 Å². The van der Waals surface area contributed by atoms with Crippen molar-refractivity contribution in [2.75, 3.05) is 31.7 Å². The van der Waals surface area contributed by atoms with E-state index in [0.717, 1.165) is 49.2 Å². The fourth-order valence-corrected chi connectivity index (χ4v) is 3.67. The fraction of sp³-hybridized carbons (Fsp3) is 0.500. The monoisotopic (exact) mass is 414 g/mol. The number of carbonyl (C=O) groups is 1. The molecule has 8 heteroatoms. The normalized spacial score (nSPS) is 15.5. The van der Waals surface area contributed by atoms with E-state index in [1.54, 1.807) is 0 Å². The predicted octanol–water partition coefficient (Wildman–Crippen LogP) is 3.39. The topological polar surface area (TPSA) is 78.7 Å². The van der Waals surface area contributed by atoms with E-state index in [2.05, 4.69) is 21.7 Å². The van der Waals surface area contributed by atoms with Gasteiger partial charge in [-0.1, -0.05) is 6.08 Å². The lowest BCUT2D eigenvalue weighted by molar-refractivity contribution is -0.146. The van der Waals surface area contributed by atoms with Crippen molar-refractivity contribution in [1.29, 1.82) is 0 Å². The first kappa shape index (κ1) is 21.7. The Morgan fingerprint density at radius 3 is 2.50 bits per heavy atom. The average Bonchev–Trinajstić information content (AvgIpc) is 3.19. The second-order valence-electron chi connectivity index (χ2n) is 7.21. The van der Waals surface area contributed by atoms with E-state index in [0.29, 0.717) is 13.2 Å². The molecule has 162 valence electrons. The van der Waals surface area contributed by atoms with Crippen molar-refractivity contribution in [2.45, 2.75) is 39.3 Å². The van der Waals surface area contributed by atoms with Crippen molar-refractivity contribution in [2.24, 2.45) is 5.92 Å². The molecular formula is C22H30N4O4. The van der Waals surface area contributed by atoms with Gasteiger partial charge < -0.3 is 19.1 Å². The number of allylic oxidation sites excluding steroid dienone is 1. The van der Waals surface area contributed by atoms with E-state index in [1.165, 1.54) is 7.11 Å². The summed E-state index contributed by atoms with van der Waals surface area (Å²) < 4.78 is 18.5. The zero-order chi connectivity index (χ0) is 21.5. The molecule has 0 spiro atoms. The van der Waals surface area contributed by atoms with Crippen molar-refractivity contribution >= 4 is 11.9 Å². The smallest absolute Gasteiger partial charge is 0.308 e. The Morgan fingerprint density at radius 2 is 1.90 bits per heavy atom. The summed E-state index contributed by atoms with van der Waals surface area (Å²) >= 11 is 0. The molecule has 3 rings (SSSR count). The van der Waals surface area contributed by atoms with Crippen molar-refractivity contribution in [3.63, 3.8) is 0 Å². The molecule has 0 bridgehead atoms. The van der Waals surface area contributed by atoms with Gasteiger partial charge >= 0.3 is 5.97 Å². The zero-order valence-electron chi connectivity index (χ0n) is 17.9. The van der Waals surface area contributed by atoms with Crippen LogP contribution in [0.5, 0.6) is 11.5 Å². The number of ether oxygens (including phenoxy) is 3. The minimum Gasteiger partial charge on any atom is -0.494 e. The molecule has 0 radical (unpaired) electrons. The molecule has 0 N–H and O–H groups in total. The SMILES string of the molecule is C=CCn1c([C@H](C)Oc2ccc(OCC)cc2)nnc1N1CCC(C(=O)OC)CC1. The molecule has 1 aromatic carbocycles. The van der Waals surface area contributed by atoms with Crippen LogP contribution in [0.15, 0.2) is 36.9 Å². The van der Waals surface area contributed by atoms with Crippen molar-refractivity contribution in [3.05, 3.63) is 42.7 Å². The molecule has 8 nitrogen and oxygen atoms in total. The van der Waals surface area contributed by atoms with Gasteiger partial charge in [-0.3, -0.25) is 9.36 Å². The van der Waals surface area contributed by atoms with Crippen LogP contribution in [0.2, 0.25) is 0 Å². The maximum Gasteiger partial charge on any atom is 0.308 e. The molecule has 2 aromatic rings. The summed E-state index contributed by atoms with van der Waals surface area (Å²) in [6.45, 7) is 10.4. The Morgan fingerprint density at radius 1 is 1.23 bits per heavy atom. The summed E-state index contributed by atoms with van der Waals surface area (Å²) in [5.41, 5.74) is 0. The molecule has 1 fully saturated rings. The van der Waals surface area contributed by atoms with E-state index in [9.17, 15) is 4.79 Å². The van der Waals surface area contributed by atoms with Crippen LogP contribution in [0.1, 0.15) is 38.6 Å². The number of nitrogens with zero attached hydrogens (tertiary/aromatic N) is 4. The standard InChI is InChI=1S/C22H30N4O4/c1-5-13-26-20(16(3)30-19-9-7-18(8-10-19)29-6-2)23-24-22(26)25-14-11-17(12-15-25)21(27)28-4/h5,7-10,16-17H,1,6,11-15H2,2-4H3/t16-/m0/s1. The highest BCUT2D eigenvalue weighted by Gasteiger charge is 2.29. The Kier molecular flexibility index (Phi) is 7.32. The lowest BCUT2D eigenvalue weighted by atomic mass is 9.97. The number of benzene rings is 1. The van der Waals surface area contributed by atoms with Gasteiger partial charge in [0.05, 0.1) is 19.6 Å². The average molecular weight is 415 g/mol. The van der Waals surface area contributed by atoms with Gasteiger partial charge in [0.25, 0.3) is 0 Å². The van der Waals surface area contributed by atoms with E-state index in [1.807, 2.05) is 48.8 Å². The van der Waals surface area contributed by atoms with Crippen LogP contribution in [-0.2, 0) is 16.1 Å². The molecule has 1 atom stereocenters. The Labute approximate surface area is 177 Å². The zero-order valence-corrected chi connectivity index (χ0v) is 17.9. The van der Waals surface area contributed by atoms with Gasteiger partial charge in [-0.15, -0.1) is 16.8 Å². The summed E-state index contributed by atoms with van der Waals surface area (Å²) in [5.74, 6) is 2.86. The minimum atomic E-state index is -0.295. The maximum atomic E-state index is 11.8. The number of esters is 1. The van der Waals surface area contributed by atoms with E-state index >= 15 is 0 Å². The third-order valence-electron chi connectivity index (χ3n) is 5.20. The number of hydrogen-bond donors (Lipinski definition) is 0. The van der Waals surface area contributed by atoms with Gasteiger partial charge in [-0.05, 0) is 51.0 Å². The molecule has 2 heterocycles. The third kappa shape index (κ3) is 4.93. The lowest BCUT2D eigenvalue weighted by Crippen LogP contribution is -2.38. The molecule has 0 aliphatic carbocycles. The molecule has 1 aliphatic heterocycles. The molecule has 1 aliphatic rings. The molecular weight excluding hydrogens is 384 g/mol. The van der Waals surface area contributed by atoms with Gasteiger partial charge in [-0.2, -0.15) is 0 Å². The van der Waals surface area contributed by atoms with Gasteiger partial charge in [0, 0.05) is 19.6 Å². The number of hydrogen-bond acceptors (Lipinski definition) is 7. The molecule has 1 aromatic heterocycles. The number of piperidine rings is 1. The van der Waals surface area contributed by atoms with E-state index in [4.69, 9.17) is 14.2 Å². The molecule has 1 saturated heterocycles. The first-order valence-electron chi connectivity index (χ1n) is 10.3. The number of aromatic nitrogens is 3. The number of methoxy groups -OCH3 is 1. The lowest BCUT2D eigenvalue weighted by Gasteiger charge is -2.31. The summed E-state index contributed by atoms with van der Waals surface area (Å²) in [7, 11) is 1.44. The van der Waals surface area contributed by atoms with E-state index in [-0.39, 0.29) is 18.0 Å². The van der Waals surface area contributed by atoms with Crippen molar-refractivity contribution < 1.29 is 19.0 Å². The second-order valence-corrected chi connectivity index (χ2v) is 7.21. The van der Waals surface area contributed by atoms with E-state index < -0.39 is 0 Å². The Hall–Kier alpha value is -3.03. The number of carbonyl (C=O) groups excluding carboxylic acids is 1. The van der Waals surface area contributed by atoms with Crippen LogP contribution in [0.3, 0.4) is 0 Å². The Balaban J connectivity index is 1.72. The minimum absolute atomic E-state index is 0.0524. The van der Waals surface area contributed by atoms with Crippen LogP contribution in [0.4, 0.5) is 5.95 Å². The third-order valence-corrected chi connectivity index (χ3v) is 5.20. The molecule has 30 heavy (non-hydrogen) atoms. The van der Waals surface area contributed by atoms with Gasteiger partial charge in [0.2, 0.25) is 5.95 Å². The van der Waals surface area contributed by atoms with Gasteiger partial charge in [-0.25, -0.2) is 0 Å². The van der Waals surface area contributed by atoms with Crippen LogP contribution in [0.25, 0.3) is 0 Å². The highest BCUT2D eigenvalue weighted by Crippen LogP contribution is 2.28. The van der Waals surface area contributed by atoms with Crippen LogP contribution in [-0.4, -0.2) is 47.5 Å². The van der Waals surface area contributed by atoms with Gasteiger partial charge in [0.15, 0.2) is 11.9 Å². The summed E-state index contributed by atoms with van der Waals surface area (Å²) in [6, 6.07) is 7.54. The second kappa shape index (κ2) is 10.1. The summed E-state index contributed by atoms with van der Waals surface area (Å²) in [5, 5.41) is 8.83. The summed E-state index contributed by atoms with van der Waals surface area (Å²) in [4.78, 5) is 13.9. The largest absolute Gasteiger partial charge is 0.494 e. The number of rotatable bonds is 9. The van der Waals surface area contributed by atoms with Crippen molar-refractivity contribution in [3.8, 4) is 11.5 Å². The molecule has 0 saturated carbocycles. The van der Waals surface area contributed by atoms with Crippen LogP contribution < -0.4 is 14.4 Å². The molecule has 0 amide bonds. The highest BCUT2D eigenvalue weighted by molar-refractivity contribution is 5.72. The number of anilines is 1. The Bertz CT molecular complexity index is 841. The predicted molar refractivity (Wildman–Crippen MR) is 114 cm³/mol. The van der Waals surface area contributed by atoms with Gasteiger partial charge in [0.1, 0.15) is 11.5 Å². The first-order chi connectivity index (χ1) is 14.6. The molecule has 0 unspecified atom stereocenters. The highest BCUT2D eigenvalue weighted by atomic mass is 16.5. The van der Waals surface area contributed by atoms with Crippen molar-refractivity contribution in [1.82, 2.24) is 14.8 Å². The maximum absolute atomic E-state index is 11.8. The fourth-order valence-electron chi connectivity index (χ4n) is 3.67. The summed E-state index contributed by atoms with van der Waals surface area (Å²) in [6.07, 6.45) is 3.00. The quantitative estimate of drug-likeness (QED) is 0.460.